The number of carbonyl (C=O) groups is 1. The molecule has 16 heavy (non-hydrogen) atoms. The van der Waals surface area contributed by atoms with Gasteiger partial charge in [0, 0.05) is 11.3 Å². The van der Waals surface area contributed by atoms with Gasteiger partial charge in [0.05, 0.1) is 5.56 Å². The van der Waals surface area contributed by atoms with Crippen molar-refractivity contribution in [2.75, 3.05) is 0 Å². The maximum absolute atomic E-state index is 12.3. The molecule has 2 nitrogen and oxygen atoms in total. The van der Waals surface area contributed by atoms with Gasteiger partial charge in [0.1, 0.15) is 11.8 Å². The second-order valence-corrected chi connectivity index (χ2v) is 4.49. The first-order chi connectivity index (χ1) is 7.86. The Balaban J connectivity index is 2.02. The number of Topliss-reactive ketones (excluding diaryl/α,β-unsaturated/α-hetero) is 1. The number of fused-ring (bicyclic) bond motifs is 1. The van der Waals surface area contributed by atoms with Crippen LogP contribution in [0.25, 0.3) is 11.0 Å². The zero-order chi connectivity index (χ0) is 11.0. The molecular formula is C14H14O2. The normalized spacial score (nSPS) is 17.0. The van der Waals surface area contributed by atoms with Crippen molar-refractivity contribution in [3.8, 4) is 0 Å². The fraction of sp³-hybridized carbons (Fsp3) is 0.357. The number of furan rings is 1. The number of hydrogen-bond acceptors (Lipinski definition) is 2. The van der Waals surface area contributed by atoms with Crippen molar-refractivity contribution in [2.24, 2.45) is 5.92 Å². The number of benzene rings is 1. The van der Waals surface area contributed by atoms with E-state index in [1.807, 2.05) is 24.3 Å². The zero-order valence-electron chi connectivity index (χ0n) is 9.11. The Labute approximate surface area is 94.3 Å². The lowest BCUT2D eigenvalue weighted by molar-refractivity contribution is 0.0923. The van der Waals surface area contributed by atoms with Gasteiger partial charge in [0.15, 0.2) is 5.78 Å². The lowest BCUT2D eigenvalue weighted by atomic mass is 9.96. The number of hydrogen-bond donors (Lipinski definition) is 0. The van der Waals surface area contributed by atoms with E-state index in [0.29, 0.717) is 0 Å². The van der Waals surface area contributed by atoms with Crippen molar-refractivity contribution < 1.29 is 9.21 Å². The maximum Gasteiger partial charge on any atom is 0.169 e. The highest BCUT2D eigenvalue weighted by molar-refractivity contribution is 6.08. The van der Waals surface area contributed by atoms with Crippen LogP contribution in [0, 0.1) is 5.92 Å². The second kappa shape index (κ2) is 3.78. The SMILES string of the molecule is O=C(c1coc2ccccc12)C1CCCC1. The van der Waals surface area contributed by atoms with E-state index in [-0.39, 0.29) is 11.7 Å². The molecule has 1 saturated carbocycles. The monoisotopic (exact) mass is 214 g/mol. The largest absolute Gasteiger partial charge is 0.464 e. The molecule has 0 atom stereocenters. The van der Waals surface area contributed by atoms with Crippen LogP contribution in [-0.2, 0) is 0 Å². The molecule has 0 spiro atoms. The van der Waals surface area contributed by atoms with Gasteiger partial charge in [-0.2, -0.15) is 0 Å². The van der Waals surface area contributed by atoms with Crippen molar-refractivity contribution in [2.45, 2.75) is 25.7 Å². The molecule has 1 aliphatic carbocycles. The highest BCUT2D eigenvalue weighted by atomic mass is 16.3. The predicted octanol–water partition coefficient (Wildman–Crippen LogP) is 3.81. The van der Waals surface area contributed by atoms with Crippen LogP contribution in [-0.4, -0.2) is 5.78 Å². The fourth-order valence-electron chi connectivity index (χ4n) is 2.58. The molecule has 0 saturated heterocycles. The Morgan fingerprint density at radius 2 is 1.94 bits per heavy atom. The lowest BCUT2D eigenvalue weighted by Crippen LogP contribution is -2.10. The minimum absolute atomic E-state index is 0.223. The first-order valence-corrected chi connectivity index (χ1v) is 5.87. The van der Waals surface area contributed by atoms with Crippen molar-refractivity contribution in [1.82, 2.24) is 0 Å². The summed E-state index contributed by atoms with van der Waals surface area (Å²) in [6.07, 6.45) is 6.07. The van der Waals surface area contributed by atoms with Gasteiger partial charge in [-0.15, -0.1) is 0 Å². The molecule has 2 aromatic rings. The Bertz CT molecular complexity index is 518. The molecule has 3 rings (SSSR count). The van der Waals surface area contributed by atoms with Gasteiger partial charge in [0.2, 0.25) is 0 Å². The topological polar surface area (TPSA) is 30.2 Å². The lowest BCUT2D eigenvalue weighted by Gasteiger charge is -2.05. The fourth-order valence-corrected chi connectivity index (χ4v) is 2.58. The molecule has 2 heteroatoms. The Morgan fingerprint density at radius 3 is 2.75 bits per heavy atom. The summed E-state index contributed by atoms with van der Waals surface area (Å²) in [6, 6.07) is 7.74. The summed E-state index contributed by atoms with van der Waals surface area (Å²) >= 11 is 0. The van der Waals surface area contributed by atoms with E-state index in [0.717, 1.165) is 29.4 Å². The molecule has 0 aliphatic heterocycles. The van der Waals surface area contributed by atoms with Crippen LogP contribution in [0.3, 0.4) is 0 Å². The summed E-state index contributed by atoms with van der Waals surface area (Å²) in [7, 11) is 0. The summed E-state index contributed by atoms with van der Waals surface area (Å²) in [5.74, 6) is 0.489. The van der Waals surface area contributed by atoms with Gasteiger partial charge in [-0.1, -0.05) is 31.0 Å². The number of rotatable bonds is 2. The van der Waals surface area contributed by atoms with Crippen LogP contribution in [0.4, 0.5) is 0 Å². The third-order valence-corrected chi connectivity index (χ3v) is 3.47. The van der Waals surface area contributed by atoms with E-state index < -0.39 is 0 Å². The van der Waals surface area contributed by atoms with E-state index in [4.69, 9.17) is 4.42 Å². The van der Waals surface area contributed by atoms with Crippen LogP contribution in [0.15, 0.2) is 34.9 Å². The van der Waals surface area contributed by atoms with Crippen molar-refractivity contribution in [3.05, 3.63) is 36.1 Å². The first kappa shape index (κ1) is 9.64. The van der Waals surface area contributed by atoms with Gasteiger partial charge in [-0.05, 0) is 18.9 Å². The Morgan fingerprint density at radius 1 is 1.19 bits per heavy atom. The maximum atomic E-state index is 12.3. The molecule has 0 amide bonds. The average Bonchev–Trinajstić information content (AvgIpc) is 2.98. The van der Waals surface area contributed by atoms with E-state index >= 15 is 0 Å². The average molecular weight is 214 g/mol. The molecule has 1 aromatic heterocycles. The van der Waals surface area contributed by atoms with Crippen LogP contribution in [0.2, 0.25) is 0 Å². The molecule has 0 bridgehead atoms. The van der Waals surface area contributed by atoms with E-state index in [2.05, 4.69) is 0 Å². The first-order valence-electron chi connectivity index (χ1n) is 5.87. The van der Waals surface area contributed by atoms with Gasteiger partial charge in [0.25, 0.3) is 0 Å². The Kier molecular flexibility index (Phi) is 2.28. The number of ketones is 1. The van der Waals surface area contributed by atoms with Crippen LogP contribution in [0.5, 0.6) is 0 Å². The Hall–Kier alpha value is -1.57. The predicted molar refractivity (Wildman–Crippen MR) is 62.5 cm³/mol. The summed E-state index contributed by atoms with van der Waals surface area (Å²) in [6.45, 7) is 0. The molecule has 0 N–H and O–H groups in total. The van der Waals surface area contributed by atoms with Gasteiger partial charge in [-0.25, -0.2) is 0 Å². The molecular weight excluding hydrogens is 200 g/mol. The van der Waals surface area contributed by atoms with Crippen molar-refractivity contribution >= 4 is 16.8 Å². The van der Waals surface area contributed by atoms with Gasteiger partial charge < -0.3 is 4.42 Å². The summed E-state index contributed by atoms with van der Waals surface area (Å²) in [5, 5.41) is 0.958. The molecule has 1 aliphatic rings. The van der Waals surface area contributed by atoms with Gasteiger partial charge >= 0.3 is 0 Å². The van der Waals surface area contributed by atoms with Crippen LogP contribution in [0.1, 0.15) is 36.0 Å². The minimum atomic E-state index is 0.223. The van der Waals surface area contributed by atoms with Crippen molar-refractivity contribution in [3.63, 3.8) is 0 Å². The second-order valence-electron chi connectivity index (χ2n) is 4.49. The van der Waals surface area contributed by atoms with E-state index in [1.54, 1.807) is 6.26 Å². The van der Waals surface area contributed by atoms with Crippen LogP contribution < -0.4 is 0 Å². The van der Waals surface area contributed by atoms with E-state index in [1.165, 1.54) is 12.8 Å². The molecule has 0 radical (unpaired) electrons. The molecule has 1 heterocycles. The third-order valence-electron chi connectivity index (χ3n) is 3.47. The number of para-hydroxylation sites is 1. The van der Waals surface area contributed by atoms with Crippen LogP contribution >= 0.6 is 0 Å². The highest BCUT2D eigenvalue weighted by Gasteiger charge is 2.26. The van der Waals surface area contributed by atoms with Crippen molar-refractivity contribution in [1.29, 1.82) is 0 Å². The summed E-state index contributed by atoms with van der Waals surface area (Å²) in [5.41, 5.74) is 1.58. The molecule has 82 valence electrons. The minimum Gasteiger partial charge on any atom is -0.464 e. The summed E-state index contributed by atoms with van der Waals surface area (Å²) in [4.78, 5) is 12.3. The highest BCUT2D eigenvalue weighted by Crippen LogP contribution is 2.31. The summed E-state index contributed by atoms with van der Waals surface area (Å²) < 4.78 is 5.41. The molecule has 0 unspecified atom stereocenters. The molecule has 1 fully saturated rings. The standard InChI is InChI=1S/C14H14O2/c15-14(10-5-1-2-6-10)12-9-16-13-8-4-3-7-11(12)13/h3-4,7-10H,1-2,5-6H2. The van der Waals surface area contributed by atoms with Gasteiger partial charge in [-0.3, -0.25) is 4.79 Å². The third kappa shape index (κ3) is 1.45. The zero-order valence-corrected chi connectivity index (χ0v) is 9.11. The van der Waals surface area contributed by atoms with E-state index in [9.17, 15) is 4.79 Å². The molecule has 1 aromatic carbocycles. The quantitative estimate of drug-likeness (QED) is 0.711. The smallest absolute Gasteiger partial charge is 0.169 e. The number of carbonyl (C=O) groups excluding carboxylic acids is 1.